The summed E-state index contributed by atoms with van der Waals surface area (Å²) in [6.07, 6.45) is -4.37. The number of hydrogen-bond donors (Lipinski definition) is 1. The predicted octanol–water partition coefficient (Wildman–Crippen LogP) is 3.07. The fraction of sp³-hybridized carbons (Fsp3) is 0.333. The van der Waals surface area contributed by atoms with Crippen LogP contribution in [-0.4, -0.2) is 6.18 Å². The van der Waals surface area contributed by atoms with E-state index in [9.17, 15) is 13.2 Å². The third kappa shape index (κ3) is 1.99. The van der Waals surface area contributed by atoms with Crippen LogP contribution in [0.15, 0.2) is 15.9 Å². The van der Waals surface area contributed by atoms with Crippen LogP contribution in [0, 0.1) is 0 Å². The summed E-state index contributed by atoms with van der Waals surface area (Å²) in [4.78, 5) is 0.113. The molecule has 0 aliphatic heterocycles. The molecule has 0 radical (unpaired) electrons. The fourth-order valence-corrected chi connectivity index (χ4v) is 2.32. The number of nitrogens with two attached hydrogens (primary N) is 1. The van der Waals surface area contributed by atoms with E-state index in [0.29, 0.717) is 4.47 Å². The minimum atomic E-state index is -4.37. The first kappa shape index (κ1) is 10.0. The van der Waals surface area contributed by atoms with Gasteiger partial charge in [-0.2, -0.15) is 13.2 Å². The molecule has 68 valence electrons. The van der Waals surface area contributed by atoms with Crippen molar-refractivity contribution < 1.29 is 13.2 Å². The molecule has 0 aromatic carbocycles. The van der Waals surface area contributed by atoms with Crippen molar-refractivity contribution in [1.82, 2.24) is 0 Å². The lowest BCUT2D eigenvalue weighted by atomic mass is 10.2. The molecule has 6 heteroatoms. The van der Waals surface area contributed by atoms with E-state index in [4.69, 9.17) is 5.73 Å². The van der Waals surface area contributed by atoms with Crippen LogP contribution in [0.2, 0.25) is 0 Å². The Balaban J connectivity index is 2.92. The van der Waals surface area contributed by atoms with Gasteiger partial charge in [-0.3, -0.25) is 0 Å². The van der Waals surface area contributed by atoms with E-state index in [-0.39, 0.29) is 4.88 Å². The molecule has 0 aliphatic carbocycles. The minimum Gasteiger partial charge on any atom is -0.316 e. The van der Waals surface area contributed by atoms with Gasteiger partial charge in [0, 0.05) is 9.35 Å². The normalized spacial score (nSPS) is 14.8. The maximum atomic E-state index is 12.1. The predicted molar refractivity (Wildman–Crippen MR) is 45.0 cm³/mol. The Kier molecular flexibility index (Phi) is 2.80. The van der Waals surface area contributed by atoms with Gasteiger partial charge in [-0.1, -0.05) is 0 Å². The van der Waals surface area contributed by atoms with Crippen LogP contribution < -0.4 is 5.73 Å². The van der Waals surface area contributed by atoms with Gasteiger partial charge in [-0.15, -0.1) is 11.3 Å². The van der Waals surface area contributed by atoms with Crippen LogP contribution in [0.1, 0.15) is 10.9 Å². The number of thiophene rings is 1. The molecule has 0 saturated carbocycles. The van der Waals surface area contributed by atoms with E-state index in [1.165, 1.54) is 0 Å². The molecule has 1 atom stereocenters. The molecule has 0 aliphatic rings. The van der Waals surface area contributed by atoms with Crippen LogP contribution in [0.5, 0.6) is 0 Å². The van der Waals surface area contributed by atoms with Crippen molar-refractivity contribution in [2.45, 2.75) is 12.2 Å². The fourth-order valence-electron chi connectivity index (χ4n) is 0.676. The Labute approximate surface area is 79.5 Å². The average molecular weight is 260 g/mol. The lowest BCUT2D eigenvalue weighted by Crippen LogP contribution is -2.27. The zero-order valence-corrected chi connectivity index (χ0v) is 8.13. The highest BCUT2D eigenvalue weighted by Crippen LogP contribution is 2.37. The number of hydrogen-bond acceptors (Lipinski definition) is 2. The van der Waals surface area contributed by atoms with E-state index < -0.39 is 12.2 Å². The second-order valence-corrected chi connectivity index (χ2v) is 3.95. The quantitative estimate of drug-likeness (QED) is 0.825. The molecule has 0 fully saturated rings. The number of rotatable bonds is 1. The van der Waals surface area contributed by atoms with Crippen molar-refractivity contribution >= 4 is 27.3 Å². The molecule has 0 saturated heterocycles. The molecule has 0 amide bonds. The first-order valence-electron chi connectivity index (χ1n) is 2.98. The summed E-state index contributed by atoms with van der Waals surface area (Å²) in [5.41, 5.74) is 4.97. The van der Waals surface area contributed by atoms with Crippen molar-refractivity contribution in [2.75, 3.05) is 0 Å². The van der Waals surface area contributed by atoms with E-state index in [1.54, 1.807) is 11.4 Å². The third-order valence-electron chi connectivity index (χ3n) is 1.28. The Bertz CT molecular complexity index is 270. The lowest BCUT2D eigenvalue weighted by molar-refractivity contribution is -0.148. The smallest absolute Gasteiger partial charge is 0.316 e. The molecule has 1 aromatic rings. The van der Waals surface area contributed by atoms with Crippen molar-refractivity contribution in [1.29, 1.82) is 0 Å². The third-order valence-corrected chi connectivity index (χ3v) is 3.23. The molecule has 1 nitrogen and oxygen atoms in total. The minimum absolute atomic E-state index is 0.113. The van der Waals surface area contributed by atoms with Crippen molar-refractivity contribution in [3.8, 4) is 0 Å². The number of halogens is 4. The van der Waals surface area contributed by atoms with Gasteiger partial charge in [-0.25, -0.2) is 0 Å². The van der Waals surface area contributed by atoms with E-state index >= 15 is 0 Å². The highest BCUT2D eigenvalue weighted by atomic mass is 79.9. The summed E-state index contributed by atoms with van der Waals surface area (Å²) in [6, 6.07) is -0.335. The summed E-state index contributed by atoms with van der Waals surface area (Å²) in [6.45, 7) is 0. The first-order chi connectivity index (χ1) is 5.43. The van der Waals surface area contributed by atoms with Crippen LogP contribution in [0.3, 0.4) is 0 Å². The zero-order chi connectivity index (χ0) is 9.35. The average Bonchev–Trinajstić information content (AvgIpc) is 2.31. The number of alkyl halides is 3. The van der Waals surface area contributed by atoms with Crippen LogP contribution in [-0.2, 0) is 0 Å². The maximum Gasteiger partial charge on any atom is 0.408 e. The molecule has 1 unspecified atom stereocenters. The molecule has 1 aromatic heterocycles. The van der Waals surface area contributed by atoms with Crippen LogP contribution in [0.4, 0.5) is 13.2 Å². The molecular weight excluding hydrogens is 255 g/mol. The molecule has 1 heterocycles. The lowest BCUT2D eigenvalue weighted by Gasteiger charge is -2.13. The van der Waals surface area contributed by atoms with Gasteiger partial charge in [0.15, 0.2) is 0 Å². The van der Waals surface area contributed by atoms with Crippen molar-refractivity contribution in [2.24, 2.45) is 5.73 Å². The van der Waals surface area contributed by atoms with E-state index in [2.05, 4.69) is 15.9 Å². The van der Waals surface area contributed by atoms with Crippen molar-refractivity contribution in [3.05, 3.63) is 20.8 Å². The second kappa shape index (κ2) is 3.35. The summed E-state index contributed by atoms with van der Waals surface area (Å²) in [5, 5.41) is 1.56. The maximum absolute atomic E-state index is 12.1. The topological polar surface area (TPSA) is 26.0 Å². The highest BCUT2D eigenvalue weighted by molar-refractivity contribution is 9.10. The van der Waals surface area contributed by atoms with Gasteiger partial charge >= 0.3 is 6.18 Å². The second-order valence-electron chi connectivity index (χ2n) is 2.15. The monoisotopic (exact) mass is 259 g/mol. The summed E-state index contributed by atoms with van der Waals surface area (Å²) in [5.74, 6) is 0. The van der Waals surface area contributed by atoms with Gasteiger partial charge in [0.1, 0.15) is 6.04 Å². The first-order valence-corrected chi connectivity index (χ1v) is 4.65. The Hall–Kier alpha value is -0.0700. The molecule has 2 N–H and O–H groups in total. The summed E-state index contributed by atoms with van der Waals surface area (Å²) in [7, 11) is 0. The van der Waals surface area contributed by atoms with Crippen LogP contribution in [0.25, 0.3) is 0 Å². The van der Waals surface area contributed by atoms with Gasteiger partial charge in [0.05, 0.1) is 0 Å². The molecule has 1 rings (SSSR count). The summed E-state index contributed by atoms with van der Waals surface area (Å²) < 4.78 is 36.6. The Morgan fingerprint density at radius 1 is 1.50 bits per heavy atom. The van der Waals surface area contributed by atoms with Crippen molar-refractivity contribution in [3.63, 3.8) is 0 Å². The largest absolute Gasteiger partial charge is 0.408 e. The molecular formula is C6H5BrF3NS. The molecule has 0 spiro atoms. The summed E-state index contributed by atoms with van der Waals surface area (Å²) >= 11 is 3.98. The van der Waals surface area contributed by atoms with Crippen LogP contribution >= 0.6 is 27.3 Å². The van der Waals surface area contributed by atoms with Gasteiger partial charge < -0.3 is 5.73 Å². The Morgan fingerprint density at radius 2 is 2.08 bits per heavy atom. The SMILES string of the molecule is NC(c1sccc1Br)C(F)(F)F. The van der Waals surface area contributed by atoms with Gasteiger partial charge in [0.2, 0.25) is 0 Å². The molecule has 12 heavy (non-hydrogen) atoms. The highest BCUT2D eigenvalue weighted by Gasteiger charge is 2.39. The van der Waals surface area contributed by atoms with Gasteiger partial charge in [0.25, 0.3) is 0 Å². The van der Waals surface area contributed by atoms with Gasteiger partial charge in [-0.05, 0) is 27.4 Å². The standard InChI is InChI=1S/C6H5BrF3NS/c7-3-1-2-12-4(3)5(11)6(8,9)10/h1-2,5H,11H2. The zero-order valence-electron chi connectivity index (χ0n) is 5.73. The van der Waals surface area contributed by atoms with E-state index in [0.717, 1.165) is 11.3 Å². The Morgan fingerprint density at radius 3 is 2.42 bits per heavy atom. The molecule has 0 bridgehead atoms. The van der Waals surface area contributed by atoms with E-state index in [1.807, 2.05) is 0 Å².